The molecule has 0 heterocycles. The van der Waals surface area contributed by atoms with Crippen molar-refractivity contribution in [1.82, 2.24) is 0 Å². The molecular formula is C15H18O2. The Morgan fingerprint density at radius 3 is 2.94 bits per heavy atom. The Morgan fingerprint density at radius 2 is 2.18 bits per heavy atom. The van der Waals surface area contributed by atoms with Crippen LogP contribution in [0.3, 0.4) is 0 Å². The summed E-state index contributed by atoms with van der Waals surface area (Å²) >= 11 is 0. The Bertz CT molecular complexity index is 446. The molecule has 90 valence electrons. The molecular weight excluding hydrogens is 212 g/mol. The number of hydrogen-bond donors (Lipinski definition) is 0. The highest BCUT2D eigenvalue weighted by molar-refractivity contribution is 5.77. The van der Waals surface area contributed by atoms with E-state index in [2.05, 4.69) is 30.3 Å². The van der Waals surface area contributed by atoms with Crippen LogP contribution in [0.15, 0.2) is 30.3 Å². The van der Waals surface area contributed by atoms with Crippen molar-refractivity contribution in [3.8, 4) is 0 Å². The van der Waals surface area contributed by atoms with Gasteiger partial charge in [-0.1, -0.05) is 37.3 Å². The summed E-state index contributed by atoms with van der Waals surface area (Å²) in [6.45, 7) is 1.92. The maximum Gasteiger partial charge on any atom is 0.308 e. The number of esters is 1. The third kappa shape index (κ3) is 2.57. The second kappa shape index (κ2) is 5.17. The van der Waals surface area contributed by atoms with E-state index >= 15 is 0 Å². The van der Waals surface area contributed by atoms with Gasteiger partial charge in [-0.15, -0.1) is 0 Å². The Hall–Kier alpha value is -1.57. The van der Waals surface area contributed by atoms with E-state index in [0.717, 1.165) is 19.3 Å². The molecule has 0 saturated heterocycles. The van der Waals surface area contributed by atoms with Crippen molar-refractivity contribution in [2.45, 2.75) is 26.2 Å². The lowest BCUT2D eigenvalue weighted by Crippen LogP contribution is -2.14. The van der Waals surface area contributed by atoms with Gasteiger partial charge in [0.2, 0.25) is 0 Å². The zero-order valence-electron chi connectivity index (χ0n) is 10.4. The van der Waals surface area contributed by atoms with Gasteiger partial charge in [-0.3, -0.25) is 4.79 Å². The van der Waals surface area contributed by atoms with Crippen molar-refractivity contribution in [2.75, 3.05) is 7.11 Å². The summed E-state index contributed by atoms with van der Waals surface area (Å²) in [6, 6.07) is 8.45. The fourth-order valence-electron chi connectivity index (χ4n) is 2.37. The standard InChI is InChI=1S/C15H18O2/c1-11(15(16)17-2)10-13-8-5-7-12-6-3-4-9-14(12)13/h3-4,6,8-9,11H,5,7,10H2,1-2H3/t11-/m1/s1. The van der Waals surface area contributed by atoms with Crippen molar-refractivity contribution >= 4 is 11.5 Å². The smallest absolute Gasteiger partial charge is 0.308 e. The summed E-state index contributed by atoms with van der Waals surface area (Å²) < 4.78 is 4.78. The Morgan fingerprint density at radius 1 is 1.41 bits per heavy atom. The maximum absolute atomic E-state index is 11.4. The Labute approximate surface area is 102 Å². The average Bonchev–Trinajstić information content (AvgIpc) is 2.38. The fourth-order valence-corrected chi connectivity index (χ4v) is 2.37. The molecule has 1 aromatic carbocycles. The van der Waals surface area contributed by atoms with Crippen LogP contribution < -0.4 is 0 Å². The van der Waals surface area contributed by atoms with Crippen LogP contribution in [-0.4, -0.2) is 13.1 Å². The second-order valence-corrected chi connectivity index (χ2v) is 4.55. The molecule has 0 amide bonds. The summed E-state index contributed by atoms with van der Waals surface area (Å²) in [4.78, 5) is 11.4. The van der Waals surface area contributed by atoms with E-state index < -0.39 is 0 Å². The van der Waals surface area contributed by atoms with E-state index in [1.54, 1.807) is 0 Å². The molecule has 2 heteroatoms. The number of allylic oxidation sites excluding steroid dienone is 2. The Kier molecular flexibility index (Phi) is 3.62. The van der Waals surface area contributed by atoms with Gasteiger partial charge in [-0.2, -0.15) is 0 Å². The first-order valence-corrected chi connectivity index (χ1v) is 6.07. The zero-order valence-corrected chi connectivity index (χ0v) is 10.4. The first-order valence-electron chi connectivity index (χ1n) is 6.07. The molecule has 0 radical (unpaired) electrons. The van der Waals surface area contributed by atoms with E-state index in [4.69, 9.17) is 4.74 Å². The normalized spacial score (nSPS) is 15.8. The topological polar surface area (TPSA) is 26.3 Å². The van der Waals surface area contributed by atoms with Gasteiger partial charge < -0.3 is 4.74 Å². The van der Waals surface area contributed by atoms with Crippen molar-refractivity contribution in [3.05, 3.63) is 41.5 Å². The number of carbonyl (C=O) groups is 1. The monoisotopic (exact) mass is 230 g/mol. The highest BCUT2D eigenvalue weighted by atomic mass is 16.5. The van der Waals surface area contributed by atoms with Gasteiger partial charge in [0.15, 0.2) is 0 Å². The number of rotatable bonds is 3. The van der Waals surface area contributed by atoms with Crippen LogP contribution >= 0.6 is 0 Å². The quantitative estimate of drug-likeness (QED) is 0.745. The van der Waals surface area contributed by atoms with Crippen LogP contribution in [-0.2, 0) is 16.0 Å². The fraction of sp³-hybridized carbons (Fsp3) is 0.400. The van der Waals surface area contributed by atoms with Gasteiger partial charge in [0.05, 0.1) is 13.0 Å². The van der Waals surface area contributed by atoms with E-state index in [-0.39, 0.29) is 11.9 Å². The molecule has 0 aliphatic heterocycles. The van der Waals surface area contributed by atoms with E-state index in [1.165, 1.54) is 23.8 Å². The largest absolute Gasteiger partial charge is 0.469 e. The number of methoxy groups -OCH3 is 1. The number of ether oxygens (including phenoxy) is 1. The van der Waals surface area contributed by atoms with Crippen LogP contribution in [0.5, 0.6) is 0 Å². The minimum Gasteiger partial charge on any atom is -0.469 e. The molecule has 0 unspecified atom stereocenters. The van der Waals surface area contributed by atoms with Gasteiger partial charge in [-0.05, 0) is 36.0 Å². The molecule has 2 rings (SSSR count). The zero-order chi connectivity index (χ0) is 12.3. The SMILES string of the molecule is COC(=O)[C@H](C)CC1=CCCc2ccccc21. The molecule has 17 heavy (non-hydrogen) atoms. The van der Waals surface area contributed by atoms with Gasteiger partial charge in [0.25, 0.3) is 0 Å². The highest BCUT2D eigenvalue weighted by Crippen LogP contribution is 2.31. The van der Waals surface area contributed by atoms with Crippen molar-refractivity contribution in [2.24, 2.45) is 5.92 Å². The number of aryl methyl sites for hydroxylation is 1. The third-order valence-corrected chi connectivity index (χ3v) is 3.30. The molecule has 0 spiro atoms. The molecule has 1 aliphatic carbocycles. The van der Waals surface area contributed by atoms with Crippen LogP contribution in [0.1, 0.15) is 30.9 Å². The Balaban J connectivity index is 2.17. The van der Waals surface area contributed by atoms with Crippen LogP contribution in [0.4, 0.5) is 0 Å². The number of carbonyl (C=O) groups excluding carboxylic acids is 1. The van der Waals surface area contributed by atoms with Crippen molar-refractivity contribution < 1.29 is 9.53 Å². The minimum absolute atomic E-state index is 0.0718. The molecule has 1 atom stereocenters. The van der Waals surface area contributed by atoms with Crippen LogP contribution in [0.25, 0.3) is 5.57 Å². The first-order chi connectivity index (χ1) is 8.22. The number of hydrogen-bond acceptors (Lipinski definition) is 2. The van der Waals surface area contributed by atoms with Crippen LogP contribution in [0.2, 0.25) is 0 Å². The lowest BCUT2D eigenvalue weighted by atomic mass is 9.86. The van der Waals surface area contributed by atoms with E-state index in [1.807, 2.05) is 6.92 Å². The molecule has 1 aromatic rings. The minimum atomic E-state index is -0.131. The molecule has 2 nitrogen and oxygen atoms in total. The average molecular weight is 230 g/mol. The number of fused-ring (bicyclic) bond motifs is 1. The molecule has 0 N–H and O–H groups in total. The first kappa shape index (κ1) is 11.9. The highest BCUT2D eigenvalue weighted by Gasteiger charge is 2.19. The van der Waals surface area contributed by atoms with Crippen molar-refractivity contribution in [3.63, 3.8) is 0 Å². The van der Waals surface area contributed by atoms with E-state index in [0.29, 0.717) is 0 Å². The van der Waals surface area contributed by atoms with Gasteiger partial charge in [0, 0.05) is 0 Å². The van der Waals surface area contributed by atoms with Crippen LogP contribution in [0, 0.1) is 5.92 Å². The lowest BCUT2D eigenvalue weighted by molar-refractivity contribution is -0.144. The summed E-state index contributed by atoms with van der Waals surface area (Å²) in [5.41, 5.74) is 3.97. The molecule has 0 fully saturated rings. The molecule has 0 bridgehead atoms. The second-order valence-electron chi connectivity index (χ2n) is 4.55. The lowest BCUT2D eigenvalue weighted by Gasteiger charge is -2.19. The third-order valence-electron chi connectivity index (χ3n) is 3.30. The predicted molar refractivity (Wildman–Crippen MR) is 68.5 cm³/mol. The van der Waals surface area contributed by atoms with Gasteiger partial charge in [0.1, 0.15) is 0 Å². The summed E-state index contributed by atoms with van der Waals surface area (Å²) in [7, 11) is 1.45. The summed E-state index contributed by atoms with van der Waals surface area (Å²) in [5, 5.41) is 0. The van der Waals surface area contributed by atoms with E-state index in [9.17, 15) is 4.79 Å². The van der Waals surface area contributed by atoms with Gasteiger partial charge >= 0.3 is 5.97 Å². The number of benzene rings is 1. The van der Waals surface area contributed by atoms with Crippen molar-refractivity contribution in [1.29, 1.82) is 0 Å². The summed E-state index contributed by atoms with van der Waals surface area (Å²) in [5.74, 6) is -0.202. The maximum atomic E-state index is 11.4. The molecule has 0 aromatic heterocycles. The van der Waals surface area contributed by atoms with Gasteiger partial charge in [-0.25, -0.2) is 0 Å². The predicted octanol–water partition coefficient (Wildman–Crippen LogP) is 3.22. The molecule has 1 aliphatic rings. The molecule has 0 saturated carbocycles. The summed E-state index contributed by atoms with van der Waals surface area (Å²) in [6.07, 6.45) is 5.19.